The van der Waals surface area contributed by atoms with Gasteiger partial charge in [-0.05, 0) is 31.3 Å². The van der Waals surface area contributed by atoms with Gasteiger partial charge in [-0.15, -0.1) is 0 Å². The predicted molar refractivity (Wildman–Crippen MR) is 143 cm³/mol. The first-order valence-corrected chi connectivity index (χ1v) is 12.8. The van der Waals surface area contributed by atoms with Gasteiger partial charge >= 0.3 is 0 Å². The van der Waals surface area contributed by atoms with Crippen LogP contribution in [0.15, 0.2) is 64.7 Å². The van der Waals surface area contributed by atoms with Crippen LogP contribution in [0.25, 0.3) is 10.9 Å². The molecule has 0 bridgehead atoms. The summed E-state index contributed by atoms with van der Waals surface area (Å²) in [6.45, 7) is 1.85. The number of benzene rings is 2. The van der Waals surface area contributed by atoms with Crippen molar-refractivity contribution in [2.45, 2.75) is 18.5 Å². The SMILES string of the molecule is CN1CCC2(CC1)N=C(SCC(=O)Nc1cnc3ccccc3c1)C(c1ccc(Cl)c(Cl)c1)=N2. The van der Waals surface area contributed by atoms with Gasteiger partial charge in [0, 0.05) is 36.9 Å². The van der Waals surface area contributed by atoms with Crippen LogP contribution in [0, 0.1) is 0 Å². The fourth-order valence-corrected chi connectivity index (χ4v) is 5.30. The summed E-state index contributed by atoms with van der Waals surface area (Å²) in [5.41, 5.74) is 2.71. The summed E-state index contributed by atoms with van der Waals surface area (Å²) in [7, 11) is 2.11. The van der Waals surface area contributed by atoms with Crippen molar-refractivity contribution in [1.29, 1.82) is 0 Å². The van der Waals surface area contributed by atoms with Gasteiger partial charge < -0.3 is 10.2 Å². The number of hydrogen-bond donors (Lipinski definition) is 1. The van der Waals surface area contributed by atoms with E-state index in [2.05, 4.69) is 22.2 Å². The van der Waals surface area contributed by atoms with Gasteiger partial charge in [-0.1, -0.05) is 59.2 Å². The molecule has 6 nitrogen and oxygen atoms in total. The van der Waals surface area contributed by atoms with Gasteiger partial charge in [0.25, 0.3) is 0 Å². The fraction of sp³-hybridized carbons (Fsp3) is 0.280. The second-order valence-electron chi connectivity index (χ2n) is 8.55. The highest BCUT2D eigenvalue weighted by molar-refractivity contribution is 8.16. The van der Waals surface area contributed by atoms with E-state index in [1.54, 1.807) is 12.3 Å². The standard InChI is InChI=1S/C25H23Cl2N5OS/c1-32-10-8-25(9-11-32)30-23(17-6-7-19(26)20(27)13-17)24(31-25)34-15-22(33)29-18-12-16-4-2-3-5-21(16)28-14-18/h2-7,12-14H,8-11,15H2,1H3,(H,29,33). The molecule has 1 spiro atoms. The van der Waals surface area contributed by atoms with Crippen LogP contribution >= 0.6 is 35.0 Å². The van der Waals surface area contributed by atoms with Crippen molar-refractivity contribution in [2.75, 3.05) is 31.2 Å². The minimum atomic E-state index is -0.477. The molecule has 1 amide bonds. The van der Waals surface area contributed by atoms with Crippen molar-refractivity contribution >= 4 is 68.2 Å². The Kier molecular flexibility index (Phi) is 6.62. The van der Waals surface area contributed by atoms with Crippen LogP contribution in [0.5, 0.6) is 0 Å². The Labute approximate surface area is 212 Å². The van der Waals surface area contributed by atoms with Gasteiger partial charge in [0.2, 0.25) is 5.91 Å². The van der Waals surface area contributed by atoms with Crippen LogP contribution in [-0.4, -0.2) is 58.1 Å². The first-order valence-electron chi connectivity index (χ1n) is 11.0. The first-order chi connectivity index (χ1) is 16.4. The highest BCUT2D eigenvalue weighted by Crippen LogP contribution is 2.36. The van der Waals surface area contributed by atoms with E-state index in [9.17, 15) is 4.79 Å². The van der Waals surface area contributed by atoms with E-state index in [1.165, 1.54) is 11.8 Å². The molecule has 3 aromatic rings. The summed E-state index contributed by atoms with van der Waals surface area (Å²) in [6.07, 6.45) is 3.36. The third-order valence-electron chi connectivity index (χ3n) is 6.03. The van der Waals surface area contributed by atoms with Gasteiger partial charge in [-0.2, -0.15) is 0 Å². The molecular weight excluding hydrogens is 489 g/mol. The molecule has 5 rings (SSSR count). The number of amides is 1. The van der Waals surface area contributed by atoms with E-state index in [0.717, 1.165) is 53.2 Å². The molecule has 0 aliphatic carbocycles. The molecule has 0 atom stereocenters. The number of nitrogens with zero attached hydrogens (tertiary/aromatic N) is 4. The summed E-state index contributed by atoms with van der Waals surface area (Å²) >= 11 is 13.8. The number of piperidine rings is 1. The molecule has 1 aromatic heterocycles. The van der Waals surface area contributed by atoms with Crippen molar-refractivity contribution in [1.82, 2.24) is 9.88 Å². The summed E-state index contributed by atoms with van der Waals surface area (Å²) in [4.78, 5) is 29.5. The summed E-state index contributed by atoms with van der Waals surface area (Å²) < 4.78 is 0. The van der Waals surface area contributed by atoms with E-state index in [4.69, 9.17) is 33.2 Å². The molecule has 0 unspecified atom stereocenters. The Morgan fingerprint density at radius 1 is 1.09 bits per heavy atom. The van der Waals surface area contributed by atoms with Crippen LogP contribution in [0.4, 0.5) is 5.69 Å². The number of carbonyl (C=O) groups is 1. The minimum Gasteiger partial charge on any atom is -0.324 e. The highest BCUT2D eigenvalue weighted by atomic mass is 35.5. The Bertz CT molecular complexity index is 1320. The van der Waals surface area contributed by atoms with E-state index < -0.39 is 5.66 Å². The van der Waals surface area contributed by atoms with Crippen molar-refractivity contribution in [3.8, 4) is 0 Å². The number of thioether (sulfide) groups is 1. The number of aromatic nitrogens is 1. The van der Waals surface area contributed by atoms with E-state index in [1.807, 2.05) is 42.5 Å². The van der Waals surface area contributed by atoms with Gasteiger partial charge in [0.1, 0.15) is 5.04 Å². The number of rotatable bonds is 4. The molecule has 3 heterocycles. The summed E-state index contributed by atoms with van der Waals surface area (Å²) in [5, 5.41) is 5.64. The highest BCUT2D eigenvalue weighted by Gasteiger charge is 2.39. The van der Waals surface area contributed by atoms with Gasteiger partial charge in [-0.25, -0.2) is 4.99 Å². The van der Waals surface area contributed by atoms with Crippen molar-refractivity contribution in [2.24, 2.45) is 9.98 Å². The number of hydrogen-bond acceptors (Lipinski definition) is 6. The molecule has 0 saturated carbocycles. The molecule has 34 heavy (non-hydrogen) atoms. The lowest BCUT2D eigenvalue weighted by Crippen LogP contribution is -2.39. The molecule has 2 aromatic carbocycles. The van der Waals surface area contributed by atoms with Crippen molar-refractivity contribution < 1.29 is 4.79 Å². The lowest BCUT2D eigenvalue weighted by molar-refractivity contribution is -0.113. The second kappa shape index (κ2) is 9.66. The number of fused-ring (bicyclic) bond motifs is 1. The van der Waals surface area contributed by atoms with Gasteiger partial charge in [-0.3, -0.25) is 14.8 Å². The van der Waals surface area contributed by atoms with Crippen LogP contribution in [-0.2, 0) is 4.79 Å². The second-order valence-corrected chi connectivity index (χ2v) is 10.3. The van der Waals surface area contributed by atoms with Crippen LogP contribution in [0.2, 0.25) is 10.0 Å². The van der Waals surface area contributed by atoms with Crippen LogP contribution < -0.4 is 5.32 Å². The van der Waals surface area contributed by atoms with E-state index in [0.29, 0.717) is 15.7 Å². The Balaban J connectivity index is 1.34. The maximum Gasteiger partial charge on any atom is 0.234 e. The molecular formula is C25H23Cl2N5OS. The molecule has 2 aliphatic heterocycles. The molecule has 1 fully saturated rings. The molecule has 1 N–H and O–H groups in total. The number of likely N-dealkylation sites (tertiary alicyclic amines) is 1. The Morgan fingerprint density at radius 2 is 1.88 bits per heavy atom. The monoisotopic (exact) mass is 511 g/mol. The predicted octanol–water partition coefficient (Wildman–Crippen LogP) is 5.54. The topological polar surface area (TPSA) is 70.0 Å². The minimum absolute atomic E-state index is 0.123. The molecule has 1 saturated heterocycles. The normalized spacial score (nSPS) is 17.6. The Morgan fingerprint density at radius 3 is 2.68 bits per heavy atom. The molecule has 0 radical (unpaired) electrons. The van der Waals surface area contributed by atoms with Crippen molar-refractivity contribution in [3.63, 3.8) is 0 Å². The van der Waals surface area contributed by atoms with Crippen LogP contribution in [0.1, 0.15) is 18.4 Å². The van der Waals surface area contributed by atoms with Gasteiger partial charge in [0.15, 0.2) is 5.66 Å². The molecule has 9 heteroatoms. The van der Waals surface area contributed by atoms with E-state index >= 15 is 0 Å². The largest absolute Gasteiger partial charge is 0.324 e. The number of pyridine rings is 1. The smallest absolute Gasteiger partial charge is 0.234 e. The first kappa shape index (κ1) is 23.3. The van der Waals surface area contributed by atoms with Crippen molar-refractivity contribution in [3.05, 3.63) is 70.3 Å². The number of anilines is 1. The number of carbonyl (C=O) groups excluding carboxylic acids is 1. The number of para-hydroxylation sites is 1. The maximum absolute atomic E-state index is 12.8. The fourth-order valence-electron chi connectivity index (χ4n) is 4.13. The lowest BCUT2D eigenvalue weighted by atomic mass is 9.99. The third kappa shape index (κ3) is 4.98. The third-order valence-corrected chi connectivity index (χ3v) is 7.73. The summed E-state index contributed by atoms with van der Waals surface area (Å²) in [6, 6.07) is 15.2. The number of halogens is 2. The average molecular weight is 512 g/mol. The maximum atomic E-state index is 12.8. The quantitative estimate of drug-likeness (QED) is 0.499. The number of nitrogens with one attached hydrogen (secondary N) is 1. The average Bonchev–Trinajstić information content (AvgIpc) is 3.20. The zero-order valence-corrected chi connectivity index (χ0v) is 20.9. The van der Waals surface area contributed by atoms with Gasteiger partial charge in [0.05, 0.1) is 38.9 Å². The zero-order chi connectivity index (χ0) is 23.7. The lowest BCUT2D eigenvalue weighted by Gasteiger charge is -2.33. The molecule has 174 valence electrons. The van der Waals surface area contributed by atoms with E-state index in [-0.39, 0.29) is 11.7 Å². The van der Waals surface area contributed by atoms with Crippen LogP contribution in [0.3, 0.4) is 0 Å². The number of aliphatic imine (C=N–C) groups is 2. The zero-order valence-electron chi connectivity index (χ0n) is 18.6. The molecule has 2 aliphatic rings. The Hall–Kier alpha value is -2.45. The summed E-state index contributed by atoms with van der Waals surface area (Å²) in [5.74, 6) is 0.0877.